The van der Waals surface area contributed by atoms with Gasteiger partial charge in [0, 0.05) is 44.5 Å². The van der Waals surface area contributed by atoms with Gasteiger partial charge in [-0.1, -0.05) is 42.5 Å². The van der Waals surface area contributed by atoms with Crippen LogP contribution in [0.2, 0.25) is 0 Å². The molecule has 0 atom stereocenters. The van der Waals surface area contributed by atoms with Crippen LogP contribution in [0.1, 0.15) is 21.6 Å². The van der Waals surface area contributed by atoms with Crippen LogP contribution >= 0.6 is 0 Å². The summed E-state index contributed by atoms with van der Waals surface area (Å²) in [6, 6.07) is 21.8. The largest absolute Gasteiger partial charge is 0.346 e. The number of aromatic nitrogens is 1. The van der Waals surface area contributed by atoms with Crippen LogP contribution in [-0.4, -0.2) is 54.7 Å². The van der Waals surface area contributed by atoms with Gasteiger partial charge < -0.3 is 5.32 Å². The van der Waals surface area contributed by atoms with E-state index in [0.717, 1.165) is 12.2 Å². The molecule has 1 N–H and O–H groups in total. The molecule has 0 aliphatic carbocycles. The van der Waals surface area contributed by atoms with Crippen molar-refractivity contribution in [3.8, 4) is 0 Å². The molecule has 4 rings (SSSR count). The molecule has 0 spiro atoms. The molecule has 32 heavy (non-hydrogen) atoms. The molecule has 0 bridgehead atoms. The second-order valence-corrected chi connectivity index (χ2v) is 9.64. The van der Waals surface area contributed by atoms with Gasteiger partial charge in [-0.25, -0.2) is 8.42 Å². The van der Waals surface area contributed by atoms with Crippen molar-refractivity contribution in [2.24, 2.45) is 0 Å². The fraction of sp³-hybridized carbons (Fsp3) is 0.250. The molecule has 1 fully saturated rings. The topological polar surface area (TPSA) is 82.6 Å². The predicted molar refractivity (Wildman–Crippen MR) is 122 cm³/mol. The summed E-state index contributed by atoms with van der Waals surface area (Å²) in [5.41, 5.74) is 2.26. The number of hydrogen-bond acceptors (Lipinski definition) is 5. The fourth-order valence-electron chi connectivity index (χ4n) is 3.69. The summed E-state index contributed by atoms with van der Waals surface area (Å²) in [4.78, 5) is 19.1. The van der Waals surface area contributed by atoms with Crippen LogP contribution in [0.25, 0.3) is 0 Å². The van der Waals surface area contributed by atoms with Crippen LogP contribution in [0.15, 0.2) is 83.9 Å². The molecule has 2 aromatic carbocycles. The number of hydrogen-bond donors (Lipinski definition) is 1. The van der Waals surface area contributed by atoms with E-state index in [2.05, 4.69) is 27.3 Å². The van der Waals surface area contributed by atoms with Crippen molar-refractivity contribution in [2.45, 2.75) is 18.0 Å². The lowest BCUT2D eigenvalue weighted by molar-refractivity contribution is 0.0950. The standard InChI is InChI=1S/C24H26N4O3S/c29-24(26-18-22-10-4-5-12-25-22)21-9-6-11-23(17-21)32(30,31)28-15-13-27(14-16-28)19-20-7-2-1-3-8-20/h1-12,17H,13-16,18-19H2,(H,26,29). The number of nitrogens with one attached hydrogen (secondary N) is 1. The molecule has 0 radical (unpaired) electrons. The number of amides is 1. The zero-order valence-corrected chi connectivity index (χ0v) is 18.5. The van der Waals surface area contributed by atoms with Crippen LogP contribution in [0.3, 0.4) is 0 Å². The minimum absolute atomic E-state index is 0.138. The molecular weight excluding hydrogens is 424 g/mol. The normalized spacial score (nSPS) is 15.4. The highest BCUT2D eigenvalue weighted by atomic mass is 32.2. The van der Waals surface area contributed by atoms with Crippen molar-refractivity contribution < 1.29 is 13.2 Å². The molecule has 2 heterocycles. The Balaban J connectivity index is 1.38. The van der Waals surface area contributed by atoms with E-state index in [-0.39, 0.29) is 17.3 Å². The Morgan fingerprint density at radius 1 is 0.906 bits per heavy atom. The first-order chi connectivity index (χ1) is 15.5. The van der Waals surface area contributed by atoms with E-state index in [0.29, 0.717) is 31.7 Å². The average Bonchev–Trinajstić information content (AvgIpc) is 2.84. The monoisotopic (exact) mass is 450 g/mol. The van der Waals surface area contributed by atoms with Crippen LogP contribution in [-0.2, 0) is 23.1 Å². The van der Waals surface area contributed by atoms with Crippen molar-refractivity contribution >= 4 is 15.9 Å². The quantitative estimate of drug-likeness (QED) is 0.598. The Morgan fingerprint density at radius 2 is 1.66 bits per heavy atom. The SMILES string of the molecule is O=C(NCc1ccccn1)c1cccc(S(=O)(=O)N2CCN(Cc3ccccc3)CC2)c1. The summed E-state index contributed by atoms with van der Waals surface area (Å²) in [6.07, 6.45) is 1.66. The fourth-order valence-corrected chi connectivity index (χ4v) is 5.16. The maximum atomic E-state index is 13.2. The Morgan fingerprint density at radius 3 is 2.38 bits per heavy atom. The van der Waals surface area contributed by atoms with Crippen molar-refractivity contribution in [1.29, 1.82) is 0 Å². The molecule has 0 unspecified atom stereocenters. The second-order valence-electron chi connectivity index (χ2n) is 7.70. The number of benzene rings is 2. The van der Waals surface area contributed by atoms with Gasteiger partial charge in [-0.05, 0) is 35.9 Å². The van der Waals surface area contributed by atoms with E-state index in [9.17, 15) is 13.2 Å². The van der Waals surface area contributed by atoms with E-state index in [1.54, 1.807) is 30.5 Å². The first-order valence-electron chi connectivity index (χ1n) is 10.6. The maximum Gasteiger partial charge on any atom is 0.251 e. The highest BCUT2D eigenvalue weighted by molar-refractivity contribution is 7.89. The third kappa shape index (κ3) is 5.40. The lowest BCUT2D eigenvalue weighted by Gasteiger charge is -2.34. The predicted octanol–water partition coefficient (Wildman–Crippen LogP) is 2.52. The van der Waals surface area contributed by atoms with Gasteiger partial charge in [0.2, 0.25) is 10.0 Å². The second kappa shape index (κ2) is 10.0. The summed E-state index contributed by atoms with van der Waals surface area (Å²) in [6.45, 7) is 3.26. The molecule has 1 aromatic heterocycles. The molecule has 1 aliphatic heterocycles. The highest BCUT2D eigenvalue weighted by Crippen LogP contribution is 2.20. The molecule has 166 valence electrons. The van der Waals surface area contributed by atoms with Gasteiger partial charge in [-0.3, -0.25) is 14.7 Å². The van der Waals surface area contributed by atoms with Crippen molar-refractivity contribution in [3.63, 3.8) is 0 Å². The number of carbonyl (C=O) groups is 1. The lowest BCUT2D eigenvalue weighted by Crippen LogP contribution is -2.48. The Bertz CT molecular complexity index is 1150. The summed E-state index contributed by atoms with van der Waals surface area (Å²) >= 11 is 0. The zero-order chi connectivity index (χ0) is 22.4. The van der Waals surface area contributed by atoms with Crippen LogP contribution in [0.4, 0.5) is 0 Å². The molecule has 1 aliphatic rings. The Kier molecular flexibility index (Phi) is 6.94. The number of sulfonamides is 1. The summed E-state index contributed by atoms with van der Waals surface area (Å²) < 4.78 is 27.8. The lowest BCUT2D eigenvalue weighted by atomic mass is 10.2. The number of carbonyl (C=O) groups excluding carboxylic acids is 1. The van der Waals surface area contributed by atoms with Gasteiger partial charge >= 0.3 is 0 Å². The average molecular weight is 451 g/mol. The zero-order valence-electron chi connectivity index (χ0n) is 17.7. The number of nitrogens with zero attached hydrogens (tertiary/aromatic N) is 3. The van der Waals surface area contributed by atoms with Gasteiger partial charge in [-0.15, -0.1) is 0 Å². The van der Waals surface area contributed by atoms with Crippen LogP contribution < -0.4 is 5.32 Å². The first kappa shape index (κ1) is 22.1. The molecular formula is C24H26N4O3S. The molecule has 3 aromatic rings. The first-order valence-corrected chi connectivity index (χ1v) is 12.0. The Labute approximate surface area is 188 Å². The van der Waals surface area contributed by atoms with Gasteiger partial charge in [0.1, 0.15) is 0 Å². The molecule has 1 amide bonds. The van der Waals surface area contributed by atoms with Crippen LogP contribution in [0, 0.1) is 0 Å². The van der Waals surface area contributed by atoms with Gasteiger partial charge in [-0.2, -0.15) is 4.31 Å². The van der Waals surface area contributed by atoms with Gasteiger partial charge in [0.05, 0.1) is 17.1 Å². The van der Waals surface area contributed by atoms with Gasteiger partial charge in [0.15, 0.2) is 0 Å². The van der Waals surface area contributed by atoms with E-state index in [4.69, 9.17) is 0 Å². The minimum Gasteiger partial charge on any atom is -0.346 e. The Hall–Kier alpha value is -3.07. The number of rotatable bonds is 7. The summed E-state index contributed by atoms with van der Waals surface area (Å²) in [5.74, 6) is -0.333. The van der Waals surface area contributed by atoms with Crippen LogP contribution in [0.5, 0.6) is 0 Å². The third-order valence-electron chi connectivity index (χ3n) is 5.47. The number of pyridine rings is 1. The van der Waals surface area contributed by atoms with E-state index >= 15 is 0 Å². The van der Waals surface area contributed by atoms with Crippen molar-refractivity contribution in [1.82, 2.24) is 19.5 Å². The smallest absolute Gasteiger partial charge is 0.251 e. The third-order valence-corrected chi connectivity index (χ3v) is 7.37. The van der Waals surface area contributed by atoms with E-state index in [1.807, 2.05) is 30.3 Å². The number of piperazine rings is 1. The van der Waals surface area contributed by atoms with Crippen molar-refractivity contribution in [3.05, 3.63) is 95.8 Å². The van der Waals surface area contributed by atoms with Gasteiger partial charge in [0.25, 0.3) is 5.91 Å². The summed E-state index contributed by atoms with van der Waals surface area (Å²) in [7, 11) is -3.67. The molecule has 1 saturated heterocycles. The molecule has 0 saturated carbocycles. The summed E-state index contributed by atoms with van der Waals surface area (Å²) in [5, 5.41) is 2.79. The highest BCUT2D eigenvalue weighted by Gasteiger charge is 2.29. The molecule has 7 nitrogen and oxygen atoms in total. The van der Waals surface area contributed by atoms with Crippen molar-refractivity contribution in [2.75, 3.05) is 26.2 Å². The minimum atomic E-state index is -3.67. The molecule has 8 heteroatoms. The maximum absolute atomic E-state index is 13.2. The van der Waals surface area contributed by atoms with E-state index < -0.39 is 10.0 Å². The van der Waals surface area contributed by atoms with E-state index in [1.165, 1.54) is 15.9 Å².